The molecule has 2 aromatic rings. The lowest BCUT2D eigenvalue weighted by molar-refractivity contribution is 0.394. The van der Waals surface area contributed by atoms with Crippen LogP contribution in [-0.2, 0) is 0 Å². The van der Waals surface area contributed by atoms with Gasteiger partial charge in [-0.3, -0.25) is 0 Å². The summed E-state index contributed by atoms with van der Waals surface area (Å²) in [7, 11) is 3.29. The zero-order valence-corrected chi connectivity index (χ0v) is 11.8. The summed E-state index contributed by atoms with van der Waals surface area (Å²) in [6, 6.07) is 16.0. The molecule has 1 N–H and O–H groups in total. The van der Waals surface area contributed by atoms with E-state index in [1.54, 1.807) is 14.2 Å². The molecule has 0 heterocycles. The fourth-order valence-electron chi connectivity index (χ4n) is 1.85. The zero-order chi connectivity index (χ0) is 14.2. The Bertz CT molecular complexity index is 542. The number of anilines is 1. The summed E-state index contributed by atoms with van der Waals surface area (Å²) in [5, 5.41) is 3.32. The van der Waals surface area contributed by atoms with Crippen molar-refractivity contribution in [2.24, 2.45) is 0 Å². The molecule has 0 aliphatic heterocycles. The van der Waals surface area contributed by atoms with Crippen molar-refractivity contribution in [3.8, 4) is 11.5 Å². The Morgan fingerprint density at radius 1 is 0.950 bits per heavy atom. The average molecular weight is 269 g/mol. The summed E-state index contributed by atoms with van der Waals surface area (Å²) in [5.74, 6) is 1.55. The monoisotopic (exact) mass is 269 g/mol. The second kappa shape index (κ2) is 7.24. The van der Waals surface area contributed by atoms with Gasteiger partial charge in [0.15, 0.2) is 0 Å². The Morgan fingerprint density at radius 3 is 2.20 bits per heavy atom. The van der Waals surface area contributed by atoms with Crippen LogP contribution in [0.25, 0.3) is 6.08 Å². The molecule has 0 saturated carbocycles. The van der Waals surface area contributed by atoms with Crippen LogP contribution < -0.4 is 14.8 Å². The van der Waals surface area contributed by atoms with Crippen LogP contribution >= 0.6 is 0 Å². The first kappa shape index (κ1) is 14.0. The molecular weight excluding hydrogens is 250 g/mol. The minimum Gasteiger partial charge on any atom is -0.497 e. The van der Waals surface area contributed by atoms with E-state index in [-0.39, 0.29) is 0 Å². The minimum absolute atomic E-state index is 0.741. The first-order valence-corrected chi connectivity index (χ1v) is 6.50. The summed E-state index contributed by atoms with van der Waals surface area (Å²) >= 11 is 0. The summed E-state index contributed by atoms with van der Waals surface area (Å²) < 4.78 is 10.5. The van der Waals surface area contributed by atoms with E-state index in [0.717, 1.165) is 23.7 Å². The fourth-order valence-corrected chi connectivity index (χ4v) is 1.85. The van der Waals surface area contributed by atoms with Crippen molar-refractivity contribution < 1.29 is 9.47 Å². The number of methoxy groups -OCH3 is 2. The van der Waals surface area contributed by atoms with Gasteiger partial charge in [-0.1, -0.05) is 42.5 Å². The number of rotatable bonds is 6. The van der Waals surface area contributed by atoms with Gasteiger partial charge in [0.25, 0.3) is 0 Å². The first-order chi connectivity index (χ1) is 9.81. The topological polar surface area (TPSA) is 30.5 Å². The third kappa shape index (κ3) is 4.05. The zero-order valence-electron chi connectivity index (χ0n) is 11.8. The van der Waals surface area contributed by atoms with E-state index >= 15 is 0 Å². The van der Waals surface area contributed by atoms with Gasteiger partial charge < -0.3 is 14.8 Å². The highest BCUT2D eigenvalue weighted by atomic mass is 16.5. The molecule has 0 bridgehead atoms. The van der Waals surface area contributed by atoms with Gasteiger partial charge in [-0.25, -0.2) is 0 Å². The molecule has 104 valence electrons. The second-order valence-electron chi connectivity index (χ2n) is 4.30. The van der Waals surface area contributed by atoms with E-state index < -0.39 is 0 Å². The van der Waals surface area contributed by atoms with Crippen LogP contribution in [0.15, 0.2) is 54.6 Å². The molecule has 0 atom stereocenters. The number of hydrogen-bond donors (Lipinski definition) is 1. The standard InChI is InChI=1S/C17H19NO2/c1-19-16-11-15(12-17(13-16)20-2)18-10-6-9-14-7-4-3-5-8-14/h3-9,11-13,18H,10H2,1-2H3. The van der Waals surface area contributed by atoms with Gasteiger partial charge in [0.1, 0.15) is 11.5 Å². The molecule has 2 rings (SSSR count). The van der Waals surface area contributed by atoms with Gasteiger partial charge in [-0.2, -0.15) is 0 Å². The lowest BCUT2D eigenvalue weighted by atomic mass is 10.2. The van der Waals surface area contributed by atoms with Crippen LogP contribution in [0.1, 0.15) is 5.56 Å². The summed E-state index contributed by atoms with van der Waals surface area (Å²) in [4.78, 5) is 0. The van der Waals surface area contributed by atoms with Crippen LogP contribution in [0.3, 0.4) is 0 Å². The Hall–Kier alpha value is -2.42. The molecule has 0 radical (unpaired) electrons. The van der Waals surface area contributed by atoms with E-state index in [2.05, 4.69) is 29.6 Å². The number of nitrogens with one attached hydrogen (secondary N) is 1. The summed E-state index contributed by atoms with van der Waals surface area (Å²) in [6.07, 6.45) is 4.17. The highest BCUT2D eigenvalue weighted by Gasteiger charge is 2.00. The molecule has 2 aromatic carbocycles. The minimum atomic E-state index is 0.741. The lowest BCUT2D eigenvalue weighted by Gasteiger charge is -2.09. The van der Waals surface area contributed by atoms with Crippen LogP contribution in [0.2, 0.25) is 0 Å². The van der Waals surface area contributed by atoms with E-state index in [9.17, 15) is 0 Å². The van der Waals surface area contributed by atoms with Crippen LogP contribution in [0.4, 0.5) is 5.69 Å². The maximum atomic E-state index is 5.23. The molecule has 0 unspecified atom stereocenters. The van der Waals surface area contributed by atoms with Crippen molar-refractivity contribution in [2.75, 3.05) is 26.1 Å². The van der Waals surface area contributed by atoms with Crippen molar-refractivity contribution in [1.29, 1.82) is 0 Å². The predicted octanol–water partition coefficient (Wildman–Crippen LogP) is 3.83. The van der Waals surface area contributed by atoms with Crippen LogP contribution in [0.5, 0.6) is 11.5 Å². The summed E-state index contributed by atoms with van der Waals surface area (Å²) in [6.45, 7) is 0.741. The van der Waals surface area contributed by atoms with Gasteiger partial charge in [0.2, 0.25) is 0 Å². The Morgan fingerprint density at radius 2 is 1.60 bits per heavy atom. The molecule has 0 amide bonds. The van der Waals surface area contributed by atoms with Gasteiger partial charge in [-0.15, -0.1) is 0 Å². The van der Waals surface area contributed by atoms with Crippen molar-refractivity contribution in [2.45, 2.75) is 0 Å². The molecule has 0 aromatic heterocycles. The SMILES string of the molecule is COc1cc(NCC=Cc2ccccc2)cc(OC)c1. The van der Waals surface area contributed by atoms with Crippen LogP contribution in [0, 0.1) is 0 Å². The van der Waals surface area contributed by atoms with Gasteiger partial charge in [0.05, 0.1) is 14.2 Å². The summed E-state index contributed by atoms with van der Waals surface area (Å²) in [5.41, 5.74) is 2.16. The maximum Gasteiger partial charge on any atom is 0.124 e. The molecule has 0 fully saturated rings. The van der Waals surface area contributed by atoms with E-state index in [0.29, 0.717) is 0 Å². The molecule has 20 heavy (non-hydrogen) atoms. The molecular formula is C17H19NO2. The fraction of sp³-hybridized carbons (Fsp3) is 0.176. The van der Waals surface area contributed by atoms with E-state index in [1.807, 2.05) is 36.4 Å². The average Bonchev–Trinajstić information content (AvgIpc) is 2.52. The Balaban J connectivity index is 1.95. The second-order valence-corrected chi connectivity index (χ2v) is 4.30. The molecule has 3 nitrogen and oxygen atoms in total. The predicted molar refractivity (Wildman–Crippen MR) is 83.5 cm³/mol. The first-order valence-electron chi connectivity index (χ1n) is 6.50. The van der Waals surface area contributed by atoms with Crippen LogP contribution in [-0.4, -0.2) is 20.8 Å². The Kier molecular flexibility index (Phi) is 5.07. The molecule has 3 heteroatoms. The van der Waals surface area contributed by atoms with Crippen molar-refractivity contribution in [3.63, 3.8) is 0 Å². The lowest BCUT2D eigenvalue weighted by Crippen LogP contribution is -1.99. The van der Waals surface area contributed by atoms with E-state index in [4.69, 9.17) is 9.47 Å². The smallest absolute Gasteiger partial charge is 0.124 e. The quantitative estimate of drug-likeness (QED) is 0.864. The largest absolute Gasteiger partial charge is 0.497 e. The third-order valence-electron chi connectivity index (χ3n) is 2.89. The van der Waals surface area contributed by atoms with Gasteiger partial charge in [0, 0.05) is 30.4 Å². The maximum absolute atomic E-state index is 5.23. The normalized spacial score (nSPS) is 10.5. The van der Waals surface area contributed by atoms with Gasteiger partial charge >= 0.3 is 0 Å². The van der Waals surface area contributed by atoms with Crippen molar-refractivity contribution in [1.82, 2.24) is 0 Å². The number of benzene rings is 2. The van der Waals surface area contributed by atoms with E-state index in [1.165, 1.54) is 5.56 Å². The third-order valence-corrected chi connectivity index (χ3v) is 2.89. The highest BCUT2D eigenvalue weighted by molar-refractivity contribution is 5.55. The van der Waals surface area contributed by atoms with Crippen molar-refractivity contribution >= 4 is 11.8 Å². The molecule has 0 aliphatic carbocycles. The molecule has 0 aliphatic rings. The molecule has 0 spiro atoms. The number of hydrogen-bond acceptors (Lipinski definition) is 3. The van der Waals surface area contributed by atoms with Crippen molar-refractivity contribution in [3.05, 3.63) is 60.2 Å². The molecule has 0 saturated heterocycles. The highest BCUT2D eigenvalue weighted by Crippen LogP contribution is 2.25. The Labute approximate surface area is 119 Å². The number of ether oxygens (including phenoxy) is 2. The van der Waals surface area contributed by atoms with Gasteiger partial charge in [-0.05, 0) is 5.56 Å².